The highest BCUT2D eigenvalue weighted by atomic mass is 35.5. The predicted octanol–water partition coefficient (Wildman–Crippen LogP) is 6.59. The number of halogens is 3. The van der Waals surface area contributed by atoms with Gasteiger partial charge in [0.2, 0.25) is 11.8 Å². The lowest BCUT2D eigenvalue weighted by Crippen LogP contribution is -3.00. The minimum Gasteiger partial charge on any atom is -1.00 e. The van der Waals surface area contributed by atoms with E-state index in [9.17, 15) is 0 Å². The lowest BCUT2D eigenvalue weighted by molar-refractivity contribution is -0.0000198. The molecule has 20 heteroatoms. The molecule has 0 unspecified atom stereocenters. The first-order valence-electron chi connectivity index (χ1n) is 24.6. The molecule has 2 fully saturated rings. The van der Waals surface area contributed by atoms with Gasteiger partial charge in [0.1, 0.15) is 34.7 Å². The molecule has 2 aliphatic heterocycles. The van der Waals surface area contributed by atoms with Crippen LogP contribution in [0.4, 0.5) is 23.4 Å². The summed E-state index contributed by atoms with van der Waals surface area (Å²) < 4.78 is 33.5. The molecule has 0 radical (unpaired) electrons. The third-order valence-corrected chi connectivity index (χ3v) is 13.2. The highest BCUT2D eigenvalue weighted by Gasteiger charge is 2.37. The van der Waals surface area contributed by atoms with Crippen LogP contribution in [0.2, 0.25) is 10.0 Å². The van der Waals surface area contributed by atoms with Gasteiger partial charge in [0, 0.05) is 75.0 Å². The van der Waals surface area contributed by atoms with Crippen molar-refractivity contribution in [3.63, 3.8) is 0 Å². The van der Waals surface area contributed by atoms with Crippen LogP contribution < -0.4 is 51.8 Å². The third-order valence-electron chi connectivity index (χ3n) is 12.6. The fourth-order valence-electron chi connectivity index (χ4n) is 8.88. The van der Waals surface area contributed by atoms with Crippen molar-refractivity contribution in [3.05, 3.63) is 99.8 Å². The molecule has 2 saturated heterocycles. The van der Waals surface area contributed by atoms with Gasteiger partial charge in [0.25, 0.3) is 0 Å². The Labute approximate surface area is 447 Å². The first kappa shape index (κ1) is 56.3. The molecule has 2 aromatic carbocycles. The van der Waals surface area contributed by atoms with Crippen molar-refractivity contribution in [2.45, 2.75) is 91.5 Å². The molecule has 392 valence electrons. The van der Waals surface area contributed by atoms with Gasteiger partial charge in [-0.15, -0.1) is 0 Å². The molecule has 0 saturated carbocycles. The second-order valence-electron chi connectivity index (χ2n) is 17.0. The van der Waals surface area contributed by atoms with Crippen LogP contribution in [0.15, 0.2) is 67.0 Å². The Hall–Kier alpha value is -5.98. The average molecular weight is 1060 g/mol. The van der Waals surface area contributed by atoms with E-state index in [1.807, 2.05) is 56.3 Å². The maximum absolute atomic E-state index is 6.59. The summed E-state index contributed by atoms with van der Waals surface area (Å²) in [5.41, 5.74) is 6.83. The van der Waals surface area contributed by atoms with Crippen LogP contribution >= 0.6 is 23.2 Å². The van der Waals surface area contributed by atoms with Crippen LogP contribution in [0.3, 0.4) is 0 Å². The molecule has 17 nitrogen and oxygen atoms in total. The zero-order chi connectivity index (χ0) is 51.3. The lowest BCUT2D eigenvalue weighted by Gasteiger charge is -2.22. The van der Waals surface area contributed by atoms with Crippen molar-refractivity contribution >= 4 is 46.6 Å². The quantitative estimate of drug-likeness (QED) is 0.0837. The Morgan fingerprint density at radius 1 is 0.534 bits per heavy atom. The van der Waals surface area contributed by atoms with Crippen LogP contribution in [-0.2, 0) is 35.2 Å². The summed E-state index contributed by atoms with van der Waals surface area (Å²) in [5, 5.41) is 8.47. The van der Waals surface area contributed by atoms with E-state index in [1.165, 1.54) is 0 Å². The molecule has 6 aromatic rings. The van der Waals surface area contributed by atoms with E-state index < -0.39 is 0 Å². The molecule has 8 rings (SSSR count). The molecular weight excluding hydrogens is 993 g/mol. The fourth-order valence-corrected chi connectivity index (χ4v) is 9.40. The summed E-state index contributed by atoms with van der Waals surface area (Å²) in [4.78, 5) is 37.9. The van der Waals surface area contributed by atoms with E-state index in [0.29, 0.717) is 66.1 Å². The van der Waals surface area contributed by atoms with E-state index in [1.54, 1.807) is 53.0 Å². The maximum atomic E-state index is 6.59. The molecule has 0 spiro atoms. The summed E-state index contributed by atoms with van der Waals surface area (Å²) in [6.07, 6.45) is 6.28. The summed E-state index contributed by atoms with van der Waals surface area (Å²) >= 11 is 13.2. The van der Waals surface area contributed by atoms with Crippen molar-refractivity contribution in [3.8, 4) is 45.6 Å². The second kappa shape index (κ2) is 26.8. The zero-order valence-electron chi connectivity index (χ0n) is 44.3. The predicted molar refractivity (Wildman–Crippen MR) is 286 cm³/mol. The smallest absolute Gasteiger partial charge is 1.00 e. The monoisotopic (exact) mass is 1060 g/mol. The number of nitrogens with zero attached hydrogens (tertiary/aromatic N) is 9. The Balaban J connectivity index is 0.000000267. The number of benzene rings is 2. The van der Waals surface area contributed by atoms with Gasteiger partial charge in [-0.05, 0) is 82.0 Å². The van der Waals surface area contributed by atoms with E-state index in [4.69, 9.17) is 71.6 Å². The van der Waals surface area contributed by atoms with Crippen molar-refractivity contribution in [1.29, 1.82) is 0 Å². The average Bonchev–Trinajstić information content (AvgIpc) is 4.01. The molecule has 0 amide bonds. The van der Waals surface area contributed by atoms with Gasteiger partial charge in [-0.1, -0.05) is 50.9 Å². The number of aryl methyl sites for hydroxylation is 4. The third kappa shape index (κ3) is 13.4. The van der Waals surface area contributed by atoms with Gasteiger partial charge in [-0.2, -0.15) is 4.98 Å². The number of hydrogen-bond acceptors (Lipinski definition) is 17. The second-order valence-corrected chi connectivity index (χ2v) is 17.8. The molecule has 2 N–H and O–H groups in total. The lowest BCUT2D eigenvalue weighted by atomic mass is 10.1. The van der Waals surface area contributed by atoms with Crippen molar-refractivity contribution in [2.75, 3.05) is 88.3 Å². The summed E-state index contributed by atoms with van der Waals surface area (Å²) in [7, 11) is 6.51. The van der Waals surface area contributed by atoms with Crippen LogP contribution in [0.1, 0.15) is 65.7 Å². The zero-order valence-corrected chi connectivity index (χ0v) is 45.6. The van der Waals surface area contributed by atoms with Crippen LogP contribution in [0, 0.1) is 0 Å². The molecule has 0 aliphatic carbocycles. The number of anilines is 4. The number of rotatable bonds is 20. The van der Waals surface area contributed by atoms with Gasteiger partial charge < -0.3 is 61.3 Å². The highest BCUT2D eigenvalue weighted by molar-refractivity contribution is 6.33. The van der Waals surface area contributed by atoms with Crippen LogP contribution in [-0.4, -0.2) is 127 Å². The molecule has 73 heavy (non-hydrogen) atoms. The number of nitrogens with one attached hydrogen (secondary N) is 2. The number of methoxy groups -OCH3 is 4. The Kier molecular flexibility index (Phi) is 20.7. The topological polar surface area (TPSA) is 176 Å². The van der Waals surface area contributed by atoms with Gasteiger partial charge in [-0.3, -0.25) is 0 Å². The molecule has 2 aliphatic rings. The number of aromatic nitrogens is 7. The molecule has 4 aromatic heterocycles. The normalized spacial score (nSPS) is 17.1. The van der Waals surface area contributed by atoms with Crippen molar-refractivity contribution < 1.29 is 42.3 Å². The largest absolute Gasteiger partial charge is 1.00 e. The summed E-state index contributed by atoms with van der Waals surface area (Å²) in [6.45, 7) is 16.3. The number of hydrogen-bond donors (Lipinski definition) is 2. The van der Waals surface area contributed by atoms with E-state index in [0.717, 1.165) is 101 Å². The van der Waals surface area contributed by atoms with Crippen LogP contribution in [0.25, 0.3) is 22.5 Å². The molecule has 0 bridgehead atoms. The van der Waals surface area contributed by atoms with E-state index >= 15 is 0 Å². The maximum Gasteiger partial charge on any atom is 1.00 e. The highest BCUT2D eigenvalue weighted by Crippen LogP contribution is 2.36. The first-order valence-corrected chi connectivity index (χ1v) is 25.4. The summed E-state index contributed by atoms with van der Waals surface area (Å²) in [6, 6.07) is 16.8. The SMILES string of the molecule is CCO[C@H]1CN(c2cc(OC)ccn2)C[C@H]1Nc1nc(CC)c(-c2ccc(OC)cc2Cl)nc1CC.CCO[C@H]1CN(c2nccc(OC)n2)C[C@H]1Nc1nc(CC)c(-c2ccc(OC)cc2Cl)nc1CC.[Cl-].[H+]. The minimum atomic E-state index is -0.0582. The van der Waals surface area contributed by atoms with Crippen molar-refractivity contribution in [2.24, 2.45) is 0 Å². The standard InChI is InChI=1S/C27H34ClN5O3.C26H33ClN6O3.ClH/c1-6-21-26(19-10-9-17(34-4)13-20(19)28)30-22(7-2)27(31-21)32-23-15-33(16-24(23)36-8-3)25-14-18(35-5)11-12-29-25;1-6-19-24(17-10-9-16(34-4)13-18(17)27)29-20(7-2)25(30-19)31-21-14-33(15-22(21)36-8-3)26-28-12-11-23(32-26)35-5;/h9-14,23-24H,6-8,15-16H2,1-5H3,(H,31,32);9-13,21-22H,6-8,14-15H2,1-5H3,(H,30,31);1H/t23-,24+;21-,22+;/m11./s1. The summed E-state index contributed by atoms with van der Waals surface area (Å²) in [5.74, 6) is 5.77. The minimum absolute atomic E-state index is 0. The molecular formula is C53H68Cl3N11O6. The Morgan fingerprint density at radius 3 is 1.45 bits per heavy atom. The fraction of sp³-hybridized carbons (Fsp3) is 0.453. The van der Waals surface area contributed by atoms with Gasteiger partial charge in [0.15, 0.2) is 0 Å². The van der Waals surface area contributed by atoms with Crippen molar-refractivity contribution in [1.82, 2.24) is 34.9 Å². The molecule has 6 heterocycles. The molecule has 4 atom stereocenters. The van der Waals surface area contributed by atoms with Crippen LogP contribution in [0.5, 0.6) is 23.1 Å². The number of pyridine rings is 1. The Morgan fingerprint density at radius 2 is 1.00 bits per heavy atom. The Bertz CT molecular complexity index is 2580. The number of ether oxygens (including phenoxy) is 6. The van der Waals surface area contributed by atoms with Gasteiger partial charge in [0.05, 0.1) is 96.9 Å². The van der Waals surface area contributed by atoms with Gasteiger partial charge >= 0.3 is 1.43 Å². The van der Waals surface area contributed by atoms with Gasteiger partial charge in [-0.25, -0.2) is 29.9 Å². The van der Waals surface area contributed by atoms with E-state index in [2.05, 4.69) is 63.1 Å². The first-order chi connectivity index (χ1) is 35.0. The van der Waals surface area contributed by atoms with E-state index in [-0.39, 0.29) is 38.1 Å².